The maximum absolute atomic E-state index is 13.0. The van der Waals surface area contributed by atoms with E-state index < -0.39 is 12.0 Å². The summed E-state index contributed by atoms with van der Waals surface area (Å²) in [7, 11) is 0. The Morgan fingerprint density at radius 1 is 1.20 bits per heavy atom. The van der Waals surface area contributed by atoms with Gasteiger partial charge in [0, 0.05) is 11.7 Å². The van der Waals surface area contributed by atoms with E-state index in [1.54, 1.807) is 16.5 Å². The smallest absolute Gasteiger partial charge is 0.338 e. The fraction of sp³-hybridized carbons (Fsp3) is 0.455. The van der Waals surface area contributed by atoms with Gasteiger partial charge in [-0.2, -0.15) is 10.1 Å². The summed E-state index contributed by atoms with van der Waals surface area (Å²) in [5.41, 5.74) is 2.03. The topological polar surface area (TPSA) is 89.3 Å². The Kier molecular flexibility index (Phi) is 5.83. The van der Waals surface area contributed by atoms with Crippen LogP contribution in [-0.4, -0.2) is 45.8 Å². The van der Waals surface area contributed by atoms with Crippen molar-refractivity contribution in [1.82, 2.24) is 20.1 Å². The third kappa shape index (κ3) is 3.81. The molecule has 2 aromatic rings. The number of hydrogen-bond acceptors (Lipinski definition) is 6. The second-order valence-corrected chi connectivity index (χ2v) is 7.67. The number of anilines is 1. The Bertz CT molecular complexity index is 947. The molecule has 0 spiro atoms. The molecule has 0 radical (unpaired) electrons. The van der Waals surface area contributed by atoms with Crippen LogP contribution in [0.1, 0.15) is 51.1 Å². The number of amides is 1. The number of benzene rings is 1. The number of hydrogen-bond donors (Lipinski definition) is 1. The van der Waals surface area contributed by atoms with E-state index >= 15 is 0 Å². The maximum Gasteiger partial charge on any atom is 0.338 e. The normalized spacial score (nSPS) is 19.0. The van der Waals surface area contributed by atoms with Crippen molar-refractivity contribution >= 4 is 17.8 Å². The van der Waals surface area contributed by atoms with Crippen molar-refractivity contribution < 1.29 is 14.3 Å². The molecule has 0 saturated heterocycles. The summed E-state index contributed by atoms with van der Waals surface area (Å²) in [6, 6.07) is 9.44. The molecule has 8 heteroatoms. The van der Waals surface area contributed by atoms with Gasteiger partial charge >= 0.3 is 5.97 Å². The number of nitrogens with zero attached hydrogens (tertiary/aromatic N) is 4. The Labute approximate surface area is 175 Å². The van der Waals surface area contributed by atoms with Crippen molar-refractivity contribution in [3.63, 3.8) is 0 Å². The van der Waals surface area contributed by atoms with Crippen molar-refractivity contribution in [2.45, 2.75) is 51.6 Å². The lowest BCUT2D eigenvalue weighted by molar-refractivity contribution is -0.139. The molecule has 8 nitrogen and oxygen atoms in total. The third-order valence-corrected chi connectivity index (χ3v) is 5.74. The number of esters is 1. The Morgan fingerprint density at radius 3 is 2.63 bits per heavy atom. The molecule has 1 aromatic heterocycles. The lowest BCUT2D eigenvalue weighted by Crippen LogP contribution is -2.44. The van der Waals surface area contributed by atoms with Gasteiger partial charge in [0.25, 0.3) is 0 Å². The minimum atomic E-state index is -0.461. The molecule has 0 bridgehead atoms. The van der Waals surface area contributed by atoms with Crippen LogP contribution in [0.3, 0.4) is 0 Å². The van der Waals surface area contributed by atoms with E-state index in [9.17, 15) is 9.59 Å². The fourth-order valence-electron chi connectivity index (χ4n) is 4.32. The number of allylic oxidation sites excluding steroid dienone is 1. The predicted octanol–water partition coefficient (Wildman–Crippen LogP) is 2.58. The van der Waals surface area contributed by atoms with Crippen LogP contribution < -0.4 is 10.2 Å². The molecule has 158 valence electrons. The van der Waals surface area contributed by atoms with Crippen LogP contribution in [0.25, 0.3) is 0 Å². The monoisotopic (exact) mass is 409 g/mol. The summed E-state index contributed by atoms with van der Waals surface area (Å²) in [6.45, 7) is 3.96. The van der Waals surface area contributed by atoms with E-state index in [0.717, 1.165) is 31.2 Å². The van der Waals surface area contributed by atoms with Gasteiger partial charge in [0.15, 0.2) is 0 Å². The number of carbonyl (C=O) groups excluding carboxylic acids is 2. The number of fused-ring (bicyclic) bond motifs is 1. The van der Waals surface area contributed by atoms with Crippen LogP contribution in [-0.2, 0) is 14.3 Å². The summed E-state index contributed by atoms with van der Waals surface area (Å²) in [6.07, 6.45) is 5.78. The molecule has 1 atom stereocenters. The number of ether oxygens (including phenoxy) is 1. The van der Waals surface area contributed by atoms with Crippen molar-refractivity contribution in [3.05, 3.63) is 53.5 Å². The largest absolute Gasteiger partial charge is 0.463 e. The Balaban J connectivity index is 1.71. The van der Waals surface area contributed by atoms with Crippen molar-refractivity contribution in [3.8, 4) is 0 Å². The number of carbonyl (C=O) groups is 2. The molecule has 1 aliphatic carbocycles. The minimum absolute atomic E-state index is 0.0748. The van der Waals surface area contributed by atoms with Crippen LogP contribution in [0.15, 0.2) is 47.9 Å². The van der Waals surface area contributed by atoms with E-state index in [4.69, 9.17) is 4.74 Å². The average Bonchev–Trinajstić information content (AvgIpc) is 3.42. The van der Waals surface area contributed by atoms with Crippen LogP contribution in [0.5, 0.6) is 0 Å². The quantitative estimate of drug-likeness (QED) is 0.738. The van der Waals surface area contributed by atoms with E-state index in [2.05, 4.69) is 15.4 Å². The highest BCUT2D eigenvalue weighted by atomic mass is 16.5. The molecular formula is C22H27N5O3. The highest BCUT2D eigenvalue weighted by molar-refractivity contribution is 5.93. The SMILES string of the molecule is CCOC(=O)C1=C(C)N(CC(=O)NC2CCCC2)c2ncnn2[C@@H]1c1ccccc1. The number of nitrogens with one attached hydrogen (secondary N) is 1. The van der Waals surface area contributed by atoms with Gasteiger partial charge in [-0.15, -0.1) is 0 Å². The standard InChI is InChI=1S/C22H27N5O3/c1-3-30-21(29)19-15(2)26(13-18(28)25-17-11-7-8-12-17)22-23-14-24-27(22)20(19)16-9-5-4-6-10-16/h4-6,9-10,14,17,20H,3,7-8,11-13H2,1-2H3,(H,25,28)/t20-/m1/s1. The zero-order valence-corrected chi connectivity index (χ0v) is 17.4. The summed E-state index contributed by atoms with van der Waals surface area (Å²) in [5, 5.41) is 7.50. The first-order valence-electron chi connectivity index (χ1n) is 10.5. The van der Waals surface area contributed by atoms with Gasteiger partial charge < -0.3 is 15.0 Å². The number of rotatable bonds is 6. The first-order chi connectivity index (χ1) is 14.6. The van der Waals surface area contributed by atoms with Crippen molar-refractivity contribution in [2.75, 3.05) is 18.1 Å². The van der Waals surface area contributed by atoms with E-state index in [1.165, 1.54) is 6.33 Å². The first-order valence-corrected chi connectivity index (χ1v) is 10.5. The van der Waals surface area contributed by atoms with E-state index in [-0.39, 0.29) is 25.1 Å². The molecule has 0 unspecified atom stereocenters. The average molecular weight is 409 g/mol. The van der Waals surface area contributed by atoms with Gasteiger partial charge in [-0.25, -0.2) is 9.48 Å². The minimum Gasteiger partial charge on any atom is -0.463 e. The summed E-state index contributed by atoms with van der Waals surface area (Å²) in [5.74, 6) is 0.0411. The van der Waals surface area contributed by atoms with Gasteiger partial charge in [-0.3, -0.25) is 4.79 Å². The van der Waals surface area contributed by atoms with Gasteiger partial charge in [0.05, 0.1) is 12.2 Å². The molecule has 2 heterocycles. The number of aromatic nitrogens is 3. The molecule has 30 heavy (non-hydrogen) atoms. The molecule has 1 aliphatic heterocycles. The van der Waals surface area contributed by atoms with Crippen LogP contribution in [0.4, 0.5) is 5.95 Å². The molecule has 1 fully saturated rings. The highest BCUT2D eigenvalue weighted by Crippen LogP contribution is 2.38. The zero-order valence-electron chi connectivity index (χ0n) is 17.4. The molecular weight excluding hydrogens is 382 g/mol. The van der Waals surface area contributed by atoms with Gasteiger partial charge in [-0.05, 0) is 32.3 Å². The van der Waals surface area contributed by atoms with Crippen molar-refractivity contribution in [1.29, 1.82) is 0 Å². The second-order valence-electron chi connectivity index (χ2n) is 7.67. The van der Waals surface area contributed by atoms with Gasteiger partial charge in [0.2, 0.25) is 11.9 Å². The van der Waals surface area contributed by atoms with Crippen molar-refractivity contribution in [2.24, 2.45) is 0 Å². The summed E-state index contributed by atoms with van der Waals surface area (Å²) in [4.78, 5) is 31.9. The molecule has 4 rings (SSSR count). The Morgan fingerprint density at radius 2 is 1.93 bits per heavy atom. The lowest BCUT2D eigenvalue weighted by Gasteiger charge is -2.35. The van der Waals surface area contributed by atoms with Gasteiger partial charge in [0.1, 0.15) is 18.9 Å². The zero-order chi connectivity index (χ0) is 21.1. The third-order valence-electron chi connectivity index (χ3n) is 5.74. The van der Waals surface area contributed by atoms with Crippen LogP contribution >= 0.6 is 0 Å². The van der Waals surface area contributed by atoms with Gasteiger partial charge in [-0.1, -0.05) is 43.2 Å². The maximum atomic E-state index is 13.0. The molecule has 1 N–H and O–H groups in total. The first kappa shape index (κ1) is 20.1. The van der Waals surface area contributed by atoms with E-state index in [0.29, 0.717) is 17.2 Å². The molecule has 1 amide bonds. The molecule has 1 saturated carbocycles. The predicted molar refractivity (Wildman–Crippen MR) is 112 cm³/mol. The lowest BCUT2D eigenvalue weighted by atomic mass is 9.95. The Hall–Kier alpha value is -3.16. The van der Waals surface area contributed by atoms with Crippen LogP contribution in [0.2, 0.25) is 0 Å². The second kappa shape index (κ2) is 8.69. The molecule has 2 aliphatic rings. The molecule has 1 aromatic carbocycles. The highest BCUT2D eigenvalue weighted by Gasteiger charge is 2.38. The van der Waals surface area contributed by atoms with E-state index in [1.807, 2.05) is 37.3 Å². The summed E-state index contributed by atoms with van der Waals surface area (Å²) >= 11 is 0. The summed E-state index contributed by atoms with van der Waals surface area (Å²) < 4.78 is 7.06. The van der Waals surface area contributed by atoms with Crippen LogP contribution in [0, 0.1) is 0 Å². The fourth-order valence-corrected chi connectivity index (χ4v) is 4.32.